The minimum absolute atomic E-state index is 0.169. The van der Waals surface area contributed by atoms with Gasteiger partial charge in [-0.05, 0) is 56.8 Å². The standard InChI is InChI=1S/C15H20Br2N4/c1-3-12(4-2)21-6-5-11(20-21)8-14(18)15-13(17)7-10(16)9-19-15/h5-7,9,12,14H,3-4,8,18H2,1-2H3. The summed E-state index contributed by atoms with van der Waals surface area (Å²) in [4.78, 5) is 4.39. The maximum atomic E-state index is 6.27. The van der Waals surface area contributed by atoms with Gasteiger partial charge in [0.1, 0.15) is 0 Å². The van der Waals surface area contributed by atoms with Gasteiger partial charge in [-0.1, -0.05) is 13.8 Å². The second kappa shape index (κ2) is 7.51. The lowest BCUT2D eigenvalue weighted by atomic mass is 10.1. The average molecular weight is 416 g/mol. The zero-order chi connectivity index (χ0) is 15.4. The van der Waals surface area contributed by atoms with Crippen LogP contribution in [0.5, 0.6) is 0 Å². The number of nitrogens with zero attached hydrogens (tertiary/aromatic N) is 3. The van der Waals surface area contributed by atoms with Crippen LogP contribution in [0.3, 0.4) is 0 Å². The summed E-state index contributed by atoms with van der Waals surface area (Å²) in [6.45, 7) is 4.37. The average Bonchev–Trinajstić information content (AvgIpc) is 2.88. The van der Waals surface area contributed by atoms with Crippen LogP contribution >= 0.6 is 31.9 Å². The Morgan fingerprint density at radius 3 is 2.62 bits per heavy atom. The first-order valence-electron chi connectivity index (χ1n) is 7.15. The number of pyridine rings is 1. The van der Waals surface area contributed by atoms with E-state index in [1.165, 1.54) is 0 Å². The third kappa shape index (κ3) is 4.14. The number of hydrogen-bond acceptors (Lipinski definition) is 3. The van der Waals surface area contributed by atoms with Crippen LogP contribution in [0.2, 0.25) is 0 Å². The van der Waals surface area contributed by atoms with E-state index in [0.29, 0.717) is 12.5 Å². The molecule has 2 heterocycles. The van der Waals surface area contributed by atoms with E-state index >= 15 is 0 Å². The zero-order valence-electron chi connectivity index (χ0n) is 12.3. The Morgan fingerprint density at radius 1 is 1.29 bits per heavy atom. The van der Waals surface area contributed by atoms with Gasteiger partial charge < -0.3 is 5.73 Å². The van der Waals surface area contributed by atoms with Crippen molar-refractivity contribution in [2.24, 2.45) is 5.73 Å². The normalized spacial score (nSPS) is 12.9. The lowest BCUT2D eigenvalue weighted by molar-refractivity contribution is 0.424. The zero-order valence-corrected chi connectivity index (χ0v) is 15.4. The van der Waals surface area contributed by atoms with Crippen LogP contribution in [0, 0.1) is 0 Å². The van der Waals surface area contributed by atoms with E-state index in [-0.39, 0.29) is 6.04 Å². The summed E-state index contributed by atoms with van der Waals surface area (Å²) >= 11 is 6.91. The Morgan fingerprint density at radius 2 is 2.00 bits per heavy atom. The lowest BCUT2D eigenvalue weighted by Gasteiger charge is -2.13. The van der Waals surface area contributed by atoms with Gasteiger partial charge in [-0.25, -0.2) is 0 Å². The third-order valence-electron chi connectivity index (χ3n) is 3.60. The molecular weight excluding hydrogens is 396 g/mol. The van der Waals surface area contributed by atoms with E-state index in [1.54, 1.807) is 6.20 Å². The molecule has 2 aromatic rings. The monoisotopic (exact) mass is 414 g/mol. The maximum Gasteiger partial charge on any atom is 0.0717 e. The first kappa shape index (κ1) is 16.6. The predicted molar refractivity (Wildman–Crippen MR) is 92.1 cm³/mol. The fourth-order valence-corrected chi connectivity index (χ4v) is 3.65. The van der Waals surface area contributed by atoms with Crippen LogP contribution in [0.4, 0.5) is 0 Å². The van der Waals surface area contributed by atoms with Crippen molar-refractivity contribution in [3.63, 3.8) is 0 Å². The predicted octanol–water partition coefficient (Wildman–Crippen LogP) is 4.41. The molecule has 2 rings (SSSR count). The van der Waals surface area contributed by atoms with Gasteiger partial charge in [-0.15, -0.1) is 0 Å². The van der Waals surface area contributed by atoms with E-state index < -0.39 is 0 Å². The van der Waals surface area contributed by atoms with Crippen LogP contribution in [0.1, 0.15) is 50.2 Å². The highest BCUT2D eigenvalue weighted by Gasteiger charge is 2.15. The van der Waals surface area contributed by atoms with Crippen LogP contribution in [-0.2, 0) is 6.42 Å². The molecule has 1 atom stereocenters. The van der Waals surface area contributed by atoms with Crippen LogP contribution < -0.4 is 5.73 Å². The second-order valence-electron chi connectivity index (χ2n) is 5.09. The first-order valence-corrected chi connectivity index (χ1v) is 8.74. The molecule has 0 amide bonds. The molecule has 0 aliphatic rings. The van der Waals surface area contributed by atoms with Gasteiger partial charge in [0.15, 0.2) is 0 Å². The summed E-state index contributed by atoms with van der Waals surface area (Å²) in [5.74, 6) is 0. The number of rotatable bonds is 6. The molecule has 0 fully saturated rings. The van der Waals surface area contributed by atoms with E-state index in [9.17, 15) is 0 Å². The van der Waals surface area contributed by atoms with Crippen molar-refractivity contribution in [1.82, 2.24) is 14.8 Å². The van der Waals surface area contributed by atoms with Crippen molar-refractivity contribution < 1.29 is 0 Å². The topological polar surface area (TPSA) is 56.7 Å². The highest BCUT2D eigenvalue weighted by Crippen LogP contribution is 2.25. The minimum atomic E-state index is -0.169. The van der Waals surface area contributed by atoms with Crippen molar-refractivity contribution in [3.05, 3.63) is 44.9 Å². The molecule has 0 saturated heterocycles. The molecule has 21 heavy (non-hydrogen) atoms. The summed E-state index contributed by atoms with van der Waals surface area (Å²) in [5.41, 5.74) is 8.13. The molecular formula is C15H20Br2N4. The SMILES string of the molecule is CCC(CC)n1ccc(CC(N)c2ncc(Br)cc2Br)n1. The van der Waals surface area contributed by atoms with E-state index in [0.717, 1.165) is 33.2 Å². The second-order valence-corrected chi connectivity index (χ2v) is 6.86. The summed E-state index contributed by atoms with van der Waals surface area (Å²) in [6.07, 6.45) is 6.67. The van der Waals surface area contributed by atoms with Gasteiger partial charge in [-0.2, -0.15) is 5.10 Å². The van der Waals surface area contributed by atoms with Crippen molar-refractivity contribution in [3.8, 4) is 0 Å². The Hall–Kier alpha value is -0.720. The molecule has 0 aliphatic heterocycles. The number of halogens is 2. The van der Waals surface area contributed by atoms with Gasteiger partial charge in [-0.3, -0.25) is 9.67 Å². The molecule has 0 saturated carbocycles. The summed E-state index contributed by atoms with van der Waals surface area (Å²) < 4.78 is 3.90. The van der Waals surface area contributed by atoms with Crippen LogP contribution in [-0.4, -0.2) is 14.8 Å². The molecule has 2 N–H and O–H groups in total. The van der Waals surface area contributed by atoms with Gasteiger partial charge in [0.25, 0.3) is 0 Å². The molecule has 2 aromatic heterocycles. The molecule has 0 spiro atoms. The fourth-order valence-electron chi connectivity index (χ4n) is 2.37. The van der Waals surface area contributed by atoms with Gasteiger partial charge in [0.05, 0.1) is 23.5 Å². The van der Waals surface area contributed by atoms with Gasteiger partial charge in [0, 0.05) is 27.8 Å². The third-order valence-corrected chi connectivity index (χ3v) is 4.67. The molecule has 114 valence electrons. The highest BCUT2D eigenvalue weighted by molar-refractivity contribution is 9.11. The van der Waals surface area contributed by atoms with E-state index in [2.05, 4.69) is 55.8 Å². The summed E-state index contributed by atoms with van der Waals surface area (Å²) in [7, 11) is 0. The summed E-state index contributed by atoms with van der Waals surface area (Å²) in [6, 6.07) is 4.31. The number of hydrogen-bond donors (Lipinski definition) is 1. The summed E-state index contributed by atoms with van der Waals surface area (Å²) in [5, 5.41) is 4.65. The Balaban J connectivity index is 2.11. The van der Waals surface area contributed by atoms with Crippen LogP contribution in [0.25, 0.3) is 0 Å². The number of nitrogens with two attached hydrogens (primary N) is 1. The van der Waals surface area contributed by atoms with Crippen molar-refractivity contribution in [2.75, 3.05) is 0 Å². The first-order chi connectivity index (χ1) is 10.0. The molecule has 0 aliphatic carbocycles. The Kier molecular flexibility index (Phi) is 5.96. The molecule has 0 bridgehead atoms. The van der Waals surface area contributed by atoms with E-state index in [4.69, 9.17) is 5.73 Å². The van der Waals surface area contributed by atoms with Crippen molar-refractivity contribution >= 4 is 31.9 Å². The number of aromatic nitrogens is 3. The molecule has 6 heteroatoms. The quantitative estimate of drug-likeness (QED) is 0.760. The Bertz CT molecular complexity index is 593. The van der Waals surface area contributed by atoms with Gasteiger partial charge in [0.2, 0.25) is 0 Å². The Labute approximate surface area is 142 Å². The van der Waals surface area contributed by atoms with E-state index in [1.807, 2.05) is 23.0 Å². The molecule has 0 aromatic carbocycles. The lowest BCUT2D eigenvalue weighted by Crippen LogP contribution is -2.16. The minimum Gasteiger partial charge on any atom is -0.322 e. The van der Waals surface area contributed by atoms with Gasteiger partial charge >= 0.3 is 0 Å². The smallest absolute Gasteiger partial charge is 0.0717 e. The molecule has 4 nitrogen and oxygen atoms in total. The largest absolute Gasteiger partial charge is 0.322 e. The molecule has 1 unspecified atom stereocenters. The highest BCUT2D eigenvalue weighted by atomic mass is 79.9. The van der Waals surface area contributed by atoms with Crippen molar-refractivity contribution in [1.29, 1.82) is 0 Å². The maximum absolute atomic E-state index is 6.27. The van der Waals surface area contributed by atoms with Crippen LogP contribution in [0.15, 0.2) is 33.5 Å². The van der Waals surface area contributed by atoms with Crippen molar-refractivity contribution in [2.45, 2.75) is 45.2 Å². The molecule has 0 radical (unpaired) electrons. The fraction of sp³-hybridized carbons (Fsp3) is 0.467.